The zero-order chi connectivity index (χ0) is 15.1. The van der Waals surface area contributed by atoms with E-state index >= 15 is 0 Å². The van der Waals surface area contributed by atoms with Crippen molar-refractivity contribution < 1.29 is 0 Å². The lowest BCUT2D eigenvalue weighted by Gasteiger charge is -2.21. The number of hydrogen-bond acceptors (Lipinski definition) is 1. The van der Waals surface area contributed by atoms with Crippen molar-refractivity contribution in [2.75, 3.05) is 6.54 Å². The number of hydrogen-bond donors (Lipinski definition) is 1. The first-order valence-electron chi connectivity index (χ1n) is 7.74. The van der Waals surface area contributed by atoms with Crippen molar-refractivity contribution in [1.82, 2.24) is 5.32 Å². The summed E-state index contributed by atoms with van der Waals surface area (Å²) < 4.78 is 0. The molecule has 0 bridgehead atoms. The summed E-state index contributed by atoms with van der Waals surface area (Å²) in [6.45, 7) is 5.48. The van der Waals surface area contributed by atoms with Crippen LogP contribution in [0.25, 0.3) is 0 Å². The van der Waals surface area contributed by atoms with E-state index in [1.54, 1.807) is 0 Å². The summed E-state index contributed by atoms with van der Waals surface area (Å²) >= 11 is 5.98. The molecule has 2 unspecified atom stereocenters. The van der Waals surface area contributed by atoms with Gasteiger partial charge in [-0.15, -0.1) is 0 Å². The minimum Gasteiger partial charge on any atom is -0.309 e. The van der Waals surface area contributed by atoms with Crippen LogP contribution in [0.3, 0.4) is 0 Å². The maximum absolute atomic E-state index is 5.98. The molecule has 2 atom stereocenters. The Balaban J connectivity index is 1.98. The molecule has 1 nitrogen and oxygen atoms in total. The van der Waals surface area contributed by atoms with Gasteiger partial charge < -0.3 is 5.32 Å². The van der Waals surface area contributed by atoms with Gasteiger partial charge in [0, 0.05) is 17.6 Å². The van der Waals surface area contributed by atoms with Crippen LogP contribution < -0.4 is 5.32 Å². The molecule has 0 aliphatic heterocycles. The summed E-state index contributed by atoms with van der Waals surface area (Å²) in [4.78, 5) is 0. The smallest absolute Gasteiger partial charge is 0.0406 e. The van der Waals surface area contributed by atoms with Gasteiger partial charge in [-0.2, -0.15) is 0 Å². The monoisotopic (exact) mass is 301 g/mol. The first kappa shape index (κ1) is 16.1. The van der Waals surface area contributed by atoms with Crippen LogP contribution >= 0.6 is 11.6 Å². The molecule has 0 aliphatic rings. The number of benzene rings is 2. The van der Waals surface area contributed by atoms with Crippen molar-refractivity contribution in [3.63, 3.8) is 0 Å². The van der Waals surface area contributed by atoms with E-state index in [1.165, 1.54) is 17.5 Å². The minimum atomic E-state index is 0.401. The molecule has 2 aromatic rings. The summed E-state index contributed by atoms with van der Waals surface area (Å²) in [5.74, 6) is 0.512. The van der Waals surface area contributed by atoms with E-state index in [1.807, 2.05) is 12.1 Å². The van der Waals surface area contributed by atoms with Gasteiger partial charge in [-0.25, -0.2) is 0 Å². The predicted molar refractivity (Wildman–Crippen MR) is 92.0 cm³/mol. The third-order valence-corrected chi connectivity index (χ3v) is 4.14. The first-order chi connectivity index (χ1) is 10.2. The van der Waals surface area contributed by atoms with Gasteiger partial charge in [-0.3, -0.25) is 0 Å². The molecule has 0 aliphatic carbocycles. The van der Waals surface area contributed by atoms with Gasteiger partial charge in [0.25, 0.3) is 0 Å². The lowest BCUT2D eigenvalue weighted by molar-refractivity contribution is 0.475. The summed E-state index contributed by atoms with van der Waals surface area (Å²) in [6.07, 6.45) is 2.31. The van der Waals surface area contributed by atoms with Gasteiger partial charge in [-0.05, 0) is 35.6 Å². The zero-order valence-electron chi connectivity index (χ0n) is 12.9. The van der Waals surface area contributed by atoms with Gasteiger partial charge >= 0.3 is 0 Å². The lowest BCUT2D eigenvalue weighted by atomic mass is 9.98. The fourth-order valence-corrected chi connectivity index (χ4v) is 2.71. The average molecular weight is 302 g/mol. The van der Waals surface area contributed by atoms with Gasteiger partial charge in [0.05, 0.1) is 0 Å². The van der Waals surface area contributed by atoms with Crippen molar-refractivity contribution in [3.8, 4) is 0 Å². The van der Waals surface area contributed by atoms with Crippen LogP contribution in [-0.2, 0) is 0 Å². The average Bonchev–Trinajstić information content (AvgIpc) is 2.53. The quantitative estimate of drug-likeness (QED) is 0.704. The molecule has 0 amide bonds. The first-order valence-corrected chi connectivity index (χ1v) is 8.12. The van der Waals surface area contributed by atoms with Crippen molar-refractivity contribution in [2.24, 2.45) is 0 Å². The van der Waals surface area contributed by atoms with E-state index in [2.05, 4.69) is 61.6 Å². The Morgan fingerprint density at radius 1 is 0.952 bits per heavy atom. The number of rotatable bonds is 7. The van der Waals surface area contributed by atoms with E-state index in [4.69, 9.17) is 11.6 Å². The van der Waals surface area contributed by atoms with Crippen LogP contribution in [0.1, 0.15) is 49.8 Å². The molecule has 1 N–H and O–H groups in total. The highest BCUT2D eigenvalue weighted by Gasteiger charge is 2.12. The normalized spacial score (nSPS) is 13.9. The third-order valence-electron chi connectivity index (χ3n) is 3.89. The minimum absolute atomic E-state index is 0.401. The molecule has 0 fully saturated rings. The van der Waals surface area contributed by atoms with E-state index in [0.717, 1.165) is 18.0 Å². The second-order valence-corrected chi connectivity index (χ2v) is 6.05. The van der Waals surface area contributed by atoms with E-state index in [-0.39, 0.29) is 0 Å². The largest absolute Gasteiger partial charge is 0.309 e. The Morgan fingerprint density at radius 3 is 2.24 bits per heavy atom. The lowest BCUT2D eigenvalue weighted by Crippen LogP contribution is -2.25. The molecule has 0 aromatic heterocycles. The molecular weight excluding hydrogens is 278 g/mol. The van der Waals surface area contributed by atoms with E-state index in [0.29, 0.717) is 12.0 Å². The molecule has 2 heteroatoms. The standard InChI is InChI=1S/C19H24ClN/c1-3-7-19(17-10-12-18(20)13-11-17)21-14-15(2)16-8-5-4-6-9-16/h4-6,8-13,15,19,21H,3,7,14H2,1-2H3. The Labute approximate surface area is 133 Å². The summed E-state index contributed by atoms with van der Waals surface area (Å²) in [6, 6.07) is 19.3. The van der Waals surface area contributed by atoms with Crippen LogP contribution in [0.4, 0.5) is 0 Å². The van der Waals surface area contributed by atoms with E-state index in [9.17, 15) is 0 Å². The Morgan fingerprint density at radius 2 is 1.62 bits per heavy atom. The SMILES string of the molecule is CCCC(NCC(C)c1ccccc1)c1ccc(Cl)cc1. The third kappa shape index (κ3) is 4.87. The van der Waals surface area contributed by atoms with Crippen LogP contribution in [0.5, 0.6) is 0 Å². The van der Waals surface area contributed by atoms with Gasteiger partial charge in [0.1, 0.15) is 0 Å². The van der Waals surface area contributed by atoms with Crippen molar-refractivity contribution in [2.45, 2.75) is 38.6 Å². The predicted octanol–water partition coefficient (Wildman–Crippen LogP) is 5.57. The summed E-state index contributed by atoms with van der Waals surface area (Å²) in [5, 5.41) is 4.51. The molecule has 0 spiro atoms. The zero-order valence-corrected chi connectivity index (χ0v) is 13.6. The molecule has 2 rings (SSSR count). The fraction of sp³-hybridized carbons (Fsp3) is 0.368. The molecule has 0 saturated carbocycles. The molecule has 0 saturated heterocycles. The van der Waals surface area contributed by atoms with Crippen LogP contribution in [0.15, 0.2) is 54.6 Å². The van der Waals surface area contributed by atoms with Crippen LogP contribution in [0, 0.1) is 0 Å². The second-order valence-electron chi connectivity index (χ2n) is 5.61. The van der Waals surface area contributed by atoms with Crippen molar-refractivity contribution >= 4 is 11.6 Å². The van der Waals surface area contributed by atoms with Crippen molar-refractivity contribution in [3.05, 3.63) is 70.7 Å². The Bertz CT molecular complexity index is 521. The Kier molecular flexibility index (Phi) is 6.28. The second kappa shape index (κ2) is 8.21. The molecule has 2 aromatic carbocycles. The topological polar surface area (TPSA) is 12.0 Å². The van der Waals surface area contributed by atoms with E-state index < -0.39 is 0 Å². The molecule has 0 radical (unpaired) electrons. The van der Waals surface area contributed by atoms with Crippen LogP contribution in [0.2, 0.25) is 5.02 Å². The highest BCUT2D eigenvalue weighted by molar-refractivity contribution is 6.30. The maximum atomic E-state index is 5.98. The van der Waals surface area contributed by atoms with Gasteiger partial charge in [0.15, 0.2) is 0 Å². The highest BCUT2D eigenvalue weighted by Crippen LogP contribution is 2.22. The number of nitrogens with one attached hydrogen (secondary N) is 1. The number of halogens is 1. The summed E-state index contributed by atoms with van der Waals surface area (Å²) in [5.41, 5.74) is 2.71. The molecule has 112 valence electrons. The molecule has 0 heterocycles. The molecule has 21 heavy (non-hydrogen) atoms. The van der Waals surface area contributed by atoms with Gasteiger partial charge in [-0.1, -0.05) is 74.3 Å². The molecular formula is C19H24ClN. The summed E-state index contributed by atoms with van der Waals surface area (Å²) in [7, 11) is 0. The van der Waals surface area contributed by atoms with Crippen molar-refractivity contribution in [1.29, 1.82) is 0 Å². The highest BCUT2D eigenvalue weighted by atomic mass is 35.5. The fourth-order valence-electron chi connectivity index (χ4n) is 2.59. The Hall–Kier alpha value is -1.31. The van der Waals surface area contributed by atoms with Gasteiger partial charge in [0.2, 0.25) is 0 Å². The van der Waals surface area contributed by atoms with Crippen LogP contribution in [-0.4, -0.2) is 6.54 Å². The maximum Gasteiger partial charge on any atom is 0.0406 e.